The minimum Gasteiger partial charge on any atom is -0.398 e. The van der Waals surface area contributed by atoms with Gasteiger partial charge in [-0.05, 0) is 31.0 Å². The van der Waals surface area contributed by atoms with Gasteiger partial charge in [-0.1, -0.05) is 11.6 Å². The van der Waals surface area contributed by atoms with Crippen molar-refractivity contribution in [3.63, 3.8) is 0 Å². The molecule has 0 bridgehead atoms. The number of nitrogens with one attached hydrogen (secondary N) is 2. The van der Waals surface area contributed by atoms with Crippen molar-refractivity contribution < 1.29 is 0 Å². The lowest BCUT2D eigenvalue weighted by Crippen LogP contribution is -2.20. The second kappa shape index (κ2) is 6.19. The smallest absolute Gasteiger partial charge is 0.228 e. The number of nitrogen functional groups attached to an aromatic ring is 1. The van der Waals surface area contributed by atoms with E-state index in [4.69, 9.17) is 22.7 Å². The zero-order valence-electron chi connectivity index (χ0n) is 12.0. The zero-order valence-corrected chi connectivity index (χ0v) is 12.8. The first-order valence-corrected chi connectivity index (χ1v) is 7.50. The van der Waals surface area contributed by atoms with Crippen molar-refractivity contribution in [2.45, 2.75) is 12.8 Å². The quantitative estimate of drug-likeness (QED) is 0.458. The maximum absolute atomic E-state index is 7.36. The van der Waals surface area contributed by atoms with Crippen LogP contribution < -0.4 is 16.0 Å². The molecule has 4 N–H and O–H groups in total. The summed E-state index contributed by atoms with van der Waals surface area (Å²) in [6.07, 6.45) is 3.53. The molecule has 0 radical (unpaired) electrons. The number of hydrogen-bond acceptors (Lipinski definition) is 6. The molecule has 1 aliphatic heterocycles. The minimum atomic E-state index is 0.405. The van der Waals surface area contributed by atoms with Gasteiger partial charge in [0.25, 0.3) is 0 Å². The van der Waals surface area contributed by atoms with Gasteiger partial charge in [-0.15, -0.1) is 0 Å². The Bertz CT molecular complexity index is 696. The van der Waals surface area contributed by atoms with E-state index in [0.29, 0.717) is 28.2 Å². The molecule has 1 saturated heterocycles. The van der Waals surface area contributed by atoms with Crippen LogP contribution in [0.2, 0.25) is 5.15 Å². The van der Waals surface area contributed by atoms with Crippen LogP contribution in [0.4, 0.5) is 23.1 Å². The average molecular weight is 317 g/mol. The van der Waals surface area contributed by atoms with Gasteiger partial charge >= 0.3 is 0 Å². The minimum absolute atomic E-state index is 0.405. The van der Waals surface area contributed by atoms with Crippen molar-refractivity contribution in [2.24, 2.45) is 0 Å². The molecule has 114 valence electrons. The van der Waals surface area contributed by atoms with Crippen LogP contribution in [0.3, 0.4) is 0 Å². The average Bonchev–Trinajstić information content (AvgIpc) is 3.03. The summed E-state index contributed by atoms with van der Waals surface area (Å²) in [5.74, 6) is 1.28. The Morgan fingerprint density at radius 3 is 2.73 bits per heavy atom. The van der Waals surface area contributed by atoms with Gasteiger partial charge in [0, 0.05) is 42.3 Å². The van der Waals surface area contributed by atoms with Gasteiger partial charge in [-0.3, -0.25) is 0 Å². The Hall–Kier alpha value is -2.34. The number of aromatic nitrogens is 2. The summed E-state index contributed by atoms with van der Waals surface area (Å²) >= 11 is 6.10. The van der Waals surface area contributed by atoms with E-state index in [1.807, 2.05) is 6.07 Å². The summed E-state index contributed by atoms with van der Waals surface area (Å²) < 4.78 is 0. The normalized spacial score (nSPS) is 14.1. The molecule has 1 aromatic carbocycles. The summed E-state index contributed by atoms with van der Waals surface area (Å²) in [4.78, 5) is 10.9. The molecule has 0 amide bonds. The molecule has 22 heavy (non-hydrogen) atoms. The molecule has 1 aromatic heterocycles. The summed E-state index contributed by atoms with van der Waals surface area (Å²) in [7, 11) is 0. The van der Waals surface area contributed by atoms with Crippen molar-refractivity contribution in [1.29, 1.82) is 5.41 Å². The highest BCUT2D eigenvalue weighted by molar-refractivity contribution is 6.29. The van der Waals surface area contributed by atoms with Crippen molar-refractivity contribution in [1.82, 2.24) is 9.97 Å². The molecule has 0 atom stereocenters. The summed E-state index contributed by atoms with van der Waals surface area (Å²) in [5.41, 5.74) is 7.82. The number of halogens is 1. The zero-order chi connectivity index (χ0) is 15.5. The van der Waals surface area contributed by atoms with E-state index < -0.39 is 0 Å². The van der Waals surface area contributed by atoms with Crippen molar-refractivity contribution in [3.8, 4) is 0 Å². The summed E-state index contributed by atoms with van der Waals surface area (Å²) in [5, 5.41) is 11.0. The predicted octanol–water partition coefficient (Wildman–Crippen LogP) is 3.05. The first-order valence-electron chi connectivity index (χ1n) is 7.12. The van der Waals surface area contributed by atoms with E-state index in [2.05, 4.69) is 20.2 Å². The number of rotatable bonds is 4. The molecule has 1 aliphatic rings. The summed E-state index contributed by atoms with van der Waals surface area (Å²) in [6.45, 7) is 1.92. The molecule has 3 rings (SSSR count). The third-order valence-electron chi connectivity index (χ3n) is 3.59. The first kappa shape index (κ1) is 14.6. The van der Waals surface area contributed by atoms with Crippen molar-refractivity contribution in [2.75, 3.05) is 29.0 Å². The molecule has 0 saturated carbocycles. The fourth-order valence-electron chi connectivity index (χ4n) is 2.45. The van der Waals surface area contributed by atoms with Crippen LogP contribution in [-0.4, -0.2) is 29.3 Å². The number of benzene rings is 1. The van der Waals surface area contributed by atoms with Gasteiger partial charge in [0.2, 0.25) is 5.95 Å². The molecular formula is C15H17ClN6. The van der Waals surface area contributed by atoms with Crippen LogP contribution in [0.25, 0.3) is 0 Å². The topological polar surface area (TPSA) is 90.9 Å². The van der Waals surface area contributed by atoms with Crippen molar-refractivity contribution in [3.05, 3.63) is 35.0 Å². The number of nitrogens with zero attached hydrogens (tertiary/aromatic N) is 3. The van der Waals surface area contributed by atoms with E-state index in [9.17, 15) is 0 Å². The van der Waals surface area contributed by atoms with Crippen LogP contribution >= 0.6 is 11.6 Å². The van der Waals surface area contributed by atoms with Crippen LogP contribution in [0.1, 0.15) is 18.4 Å². The van der Waals surface area contributed by atoms with Crippen LogP contribution in [0, 0.1) is 5.41 Å². The lowest BCUT2D eigenvalue weighted by atomic mass is 10.2. The molecule has 0 unspecified atom stereocenters. The Morgan fingerprint density at radius 2 is 2.00 bits per heavy atom. The maximum Gasteiger partial charge on any atom is 0.228 e. The Kier molecular flexibility index (Phi) is 4.11. The van der Waals surface area contributed by atoms with E-state index in [1.54, 1.807) is 18.2 Å². The van der Waals surface area contributed by atoms with E-state index in [0.717, 1.165) is 31.6 Å². The van der Waals surface area contributed by atoms with Crippen molar-refractivity contribution >= 4 is 41.0 Å². The Balaban J connectivity index is 1.87. The molecular weight excluding hydrogens is 300 g/mol. The van der Waals surface area contributed by atoms with Gasteiger partial charge in [0.05, 0.1) is 0 Å². The second-order valence-electron chi connectivity index (χ2n) is 5.18. The molecule has 6 nitrogen and oxygen atoms in total. The SMILES string of the molecule is N=Cc1cc(Nc2cc(Cl)nc(N3CCCC3)n2)ccc1N. The van der Waals surface area contributed by atoms with Gasteiger partial charge in [0.1, 0.15) is 11.0 Å². The second-order valence-corrected chi connectivity index (χ2v) is 5.57. The van der Waals surface area contributed by atoms with Gasteiger partial charge < -0.3 is 21.4 Å². The van der Waals surface area contributed by atoms with Gasteiger partial charge in [-0.25, -0.2) is 4.98 Å². The lowest BCUT2D eigenvalue weighted by Gasteiger charge is -2.16. The van der Waals surface area contributed by atoms with E-state index in [-0.39, 0.29) is 0 Å². The van der Waals surface area contributed by atoms with Gasteiger partial charge in [0.15, 0.2) is 0 Å². The molecule has 2 heterocycles. The van der Waals surface area contributed by atoms with E-state index in [1.165, 1.54) is 6.21 Å². The Labute approximate surface area is 133 Å². The monoisotopic (exact) mass is 316 g/mol. The Morgan fingerprint density at radius 1 is 1.23 bits per heavy atom. The van der Waals surface area contributed by atoms with Gasteiger partial charge in [-0.2, -0.15) is 4.98 Å². The lowest BCUT2D eigenvalue weighted by molar-refractivity contribution is 0.900. The van der Waals surface area contributed by atoms with Crippen LogP contribution in [-0.2, 0) is 0 Å². The highest BCUT2D eigenvalue weighted by atomic mass is 35.5. The number of hydrogen-bond donors (Lipinski definition) is 3. The third-order valence-corrected chi connectivity index (χ3v) is 3.78. The maximum atomic E-state index is 7.36. The highest BCUT2D eigenvalue weighted by Crippen LogP contribution is 2.24. The summed E-state index contributed by atoms with van der Waals surface area (Å²) in [6, 6.07) is 7.08. The molecule has 2 aromatic rings. The largest absolute Gasteiger partial charge is 0.398 e. The molecule has 1 fully saturated rings. The molecule has 7 heteroatoms. The first-order chi connectivity index (χ1) is 10.7. The predicted molar refractivity (Wildman–Crippen MR) is 90.5 cm³/mol. The number of nitrogens with two attached hydrogens (primary N) is 1. The molecule has 0 spiro atoms. The molecule has 0 aliphatic carbocycles. The fourth-order valence-corrected chi connectivity index (χ4v) is 2.63. The van der Waals surface area contributed by atoms with E-state index >= 15 is 0 Å². The third kappa shape index (κ3) is 3.12. The highest BCUT2D eigenvalue weighted by Gasteiger charge is 2.16. The van der Waals surface area contributed by atoms with Crippen LogP contribution in [0.15, 0.2) is 24.3 Å². The standard InChI is InChI=1S/C15H17ClN6/c16-13-8-14(21-15(20-13)22-5-1-2-6-22)19-11-3-4-12(18)10(7-11)9-17/h3-4,7-9,17H,1-2,5-6,18H2,(H,19,20,21). The number of anilines is 4. The van der Waals surface area contributed by atoms with Crippen LogP contribution in [0.5, 0.6) is 0 Å². The fraction of sp³-hybridized carbons (Fsp3) is 0.267.